The first-order valence-electron chi connectivity index (χ1n) is 3.74. The molecule has 0 radical (unpaired) electrons. The van der Waals surface area contributed by atoms with Crippen LogP contribution in [0.25, 0.3) is 0 Å². The summed E-state index contributed by atoms with van der Waals surface area (Å²) < 4.78 is 54.5. The summed E-state index contributed by atoms with van der Waals surface area (Å²) in [5.74, 6) is -11.4. The van der Waals surface area contributed by atoms with E-state index in [0.717, 1.165) is 0 Å². The van der Waals surface area contributed by atoms with Crippen molar-refractivity contribution in [2.24, 2.45) is 5.41 Å². The van der Waals surface area contributed by atoms with Gasteiger partial charge in [0.05, 0.1) is 6.42 Å². The Morgan fingerprint density at radius 1 is 1.14 bits per heavy atom. The molecule has 1 saturated heterocycles. The molecule has 1 unspecified atom stereocenters. The van der Waals surface area contributed by atoms with Gasteiger partial charge in [0.15, 0.2) is 5.41 Å². The fourth-order valence-electron chi connectivity index (χ4n) is 1.77. The van der Waals surface area contributed by atoms with Gasteiger partial charge in [0.25, 0.3) is 0 Å². The monoisotopic (exact) mass is 212 g/mol. The minimum atomic E-state index is -4.48. The van der Waals surface area contributed by atoms with Gasteiger partial charge in [-0.3, -0.25) is 9.59 Å². The summed E-state index contributed by atoms with van der Waals surface area (Å²) in [5.41, 5.74) is -2.62. The van der Waals surface area contributed by atoms with Crippen molar-refractivity contribution in [1.29, 1.82) is 0 Å². The molecule has 14 heavy (non-hydrogen) atoms. The number of halogens is 4. The van der Waals surface area contributed by atoms with Gasteiger partial charge >= 0.3 is 23.8 Å². The molecule has 2 rings (SSSR count). The molecule has 0 aromatic carbocycles. The molecule has 2 aliphatic rings. The van der Waals surface area contributed by atoms with Crippen molar-refractivity contribution in [3.8, 4) is 0 Å². The molecule has 0 aromatic rings. The number of carbonyl (C=O) groups excluding carboxylic acids is 2. The zero-order valence-corrected chi connectivity index (χ0v) is 6.65. The highest BCUT2D eigenvalue weighted by Gasteiger charge is 2.86. The van der Waals surface area contributed by atoms with E-state index >= 15 is 0 Å². The molecule has 0 aromatic heterocycles. The van der Waals surface area contributed by atoms with Crippen LogP contribution in [-0.2, 0) is 14.3 Å². The average molecular weight is 212 g/mol. The fourth-order valence-corrected chi connectivity index (χ4v) is 1.77. The molecule has 0 N–H and O–H groups in total. The molecule has 0 bridgehead atoms. The molecule has 0 amide bonds. The number of hydrogen-bond acceptors (Lipinski definition) is 3. The summed E-state index contributed by atoms with van der Waals surface area (Å²) in [5, 5.41) is 0. The van der Waals surface area contributed by atoms with Crippen LogP contribution in [0.15, 0.2) is 0 Å². The van der Waals surface area contributed by atoms with Crippen LogP contribution in [0.3, 0.4) is 0 Å². The van der Waals surface area contributed by atoms with E-state index in [4.69, 9.17) is 0 Å². The maximum atomic E-state index is 12.9. The first kappa shape index (κ1) is 9.42. The van der Waals surface area contributed by atoms with Gasteiger partial charge in [0.1, 0.15) is 0 Å². The lowest BCUT2D eigenvalue weighted by atomic mass is 9.61. The first-order valence-corrected chi connectivity index (χ1v) is 3.74. The van der Waals surface area contributed by atoms with Gasteiger partial charge in [-0.1, -0.05) is 0 Å². The number of alkyl halides is 4. The Morgan fingerprint density at radius 2 is 1.71 bits per heavy atom. The first-order chi connectivity index (χ1) is 6.23. The topological polar surface area (TPSA) is 43.4 Å². The molecule has 1 aliphatic carbocycles. The minimum Gasteiger partial charge on any atom is -0.393 e. The van der Waals surface area contributed by atoms with Gasteiger partial charge in [-0.2, -0.15) is 17.6 Å². The number of esters is 2. The lowest BCUT2D eigenvalue weighted by Gasteiger charge is -2.48. The van der Waals surface area contributed by atoms with Gasteiger partial charge in [-0.25, -0.2) is 0 Å². The van der Waals surface area contributed by atoms with Crippen molar-refractivity contribution in [3.05, 3.63) is 0 Å². The number of rotatable bonds is 0. The minimum absolute atomic E-state index is 0.964. The second kappa shape index (κ2) is 2.09. The maximum absolute atomic E-state index is 12.9. The maximum Gasteiger partial charge on any atom is 0.326 e. The van der Waals surface area contributed by atoms with Crippen LogP contribution < -0.4 is 0 Å². The third-order valence-corrected chi connectivity index (χ3v) is 2.63. The summed E-state index contributed by atoms with van der Waals surface area (Å²) in [6.45, 7) is 0. The van der Waals surface area contributed by atoms with E-state index in [-0.39, 0.29) is 0 Å². The highest BCUT2D eigenvalue weighted by atomic mass is 19.3. The second-order valence-corrected chi connectivity index (χ2v) is 3.48. The zero-order chi connectivity index (χ0) is 10.8. The number of cyclic esters (lactones) is 2. The van der Waals surface area contributed by atoms with Crippen molar-refractivity contribution >= 4 is 11.9 Å². The smallest absolute Gasteiger partial charge is 0.326 e. The van der Waals surface area contributed by atoms with Gasteiger partial charge < -0.3 is 4.74 Å². The van der Waals surface area contributed by atoms with E-state index in [2.05, 4.69) is 4.74 Å². The van der Waals surface area contributed by atoms with E-state index < -0.39 is 42.0 Å². The average Bonchev–Trinajstić information content (AvgIpc) is 2.27. The Balaban J connectivity index is 2.39. The van der Waals surface area contributed by atoms with Crippen LogP contribution in [0, 0.1) is 5.41 Å². The van der Waals surface area contributed by atoms with Gasteiger partial charge in [0, 0.05) is 6.42 Å². The molecular formula is C7H4F4O3. The van der Waals surface area contributed by atoms with Gasteiger partial charge in [-0.15, -0.1) is 0 Å². The molecule has 7 heteroatoms. The van der Waals surface area contributed by atoms with Crippen LogP contribution in [-0.4, -0.2) is 23.8 Å². The fraction of sp³-hybridized carbons (Fsp3) is 0.714. The predicted octanol–water partition coefficient (Wildman–Crippen LogP) is 1.12. The van der Waals surface area contributed by atoms with Crippen LogP contribution in [0.5, 0.6) is 0 Å². The summed E-state index contributed by atoms with van der Waals surface area (Å²) in [6.07, 6.45) is -2.29. The number of ether oxygens (including phenoxy) is 1. The summed E-state index contributed by atoms with van der Waals surface area (Å²) in [7, 11) is 0. The van der Waals surface area contributed by atoms with Crippen LogP contribution in [0.4, 0.5) is 17.6 Å². The molecule has 3 nitrogen and oxygen atoms in total. The SMILES string of the molecule is O=C1CC2(CC(F)(F)C2(F)F)C(=O)O1. The molecule has 78 valence electrons. The van der Waals surface area contributed by atoms with Crippen molar-refractivity contribution in [1.82, 2.24) is 0 Å². The lowest BCUT2D eigenvalue weighted by Crippen LogP contribution is -2.68. The number of hydrogen-bond donors (Lipinski definition) is 0. The Hall–Kier alpha value is -1.14. The van der Waals surface area contributed by atoms with E-state index in [1.165, 1.54) is 0 Å². The third-order valence-electron chi connectivity index (χ3n) is 2.63. The van der Waals surface area contributed by atoms with Crippen molar-refractivity contribution in [3.63, 3.8) is 0 Å². The Kier molecular flexibility index (Phi) is 1.41. The molecular weight excluding hydrogens is 208 g/mol. The van der Waals surface area contributed by atoms with Crippen molar-refractivity contribution in [2.75, 3.05) is 0 Å². The van der Waals surface area contributed by atoms with Gasteiger partial charge in [-0.05, 0) is 0 Å². The standard InChI is InChI=1S/C7H4F4O3/c8-6(9)2-5(7(6,10)11)1-3(12)14-4(5)13/h1-2H2. The predicted molar refractivity (Wildman–Crippen MR) is 32.7 cm³/mol. The second-order valence-electron chi connectivity index (χ2n) is 3.48. The highest BCUT2D eigenvalue weighted by molar-refractivity contribution is 5.99. The van der Waals surface area contributed by atoms with E-state index in [1.807, 2.05) is 0 Å². The quantitative estimate of drug-likeness (QED) is 0.343. The van der Waals surface area contributed by atoms with Crippen molar-refractivity contribution < 1.29 is 31.9 Å². The van der Waals surface area contributed by atoms with Crippen LogP contribution >= 0.6 is 0 Å². The molecule has 1 atom stereocenters. The normalized spacial score (nSPS) is 38.3. The zero-order valence-electron chi connectivity index (χ0n) is 6.65. The third kappa shape index (κ3) is 0.737. The number of carbonyl (C=O) groups is 2. The van der Waals surface area contributed by atoms with E-state index in [1.54, 1.807) is 0 Å². The van der Waals surface area contributed by atoms with Crippen molar-refractivity contribution in [2.45, 2.75) is 24.7 Å². The molecule has 1 spiro atoms. The largest absolute Gasteiger partial charge is 0.393 e. The van der Waals surface area contributed by atoms with E-state index in [0.29, 0.717) is 0 Å². The molecule has 1 aliphatic heterocycles. The lowest BCUT2D eigenvalue weighted by molar-refractivity contribution is -0.343. The highest BCUT2D eigenvalue weighted by Crippen LogP contribution is 2.66. The Morgan fingerprint density at radius 3 is 2.00 bits per heavy atom. The van der Waals surface area contributed by atoms with Crippen LogP contribution in [0.1, 0.15) is 12.8 Å². The molecule has 2 fully saturated rings. The summed E-state index contributed by atoms with van der Waals surface area (Å²) in [6, 6.07) is 0. The summed E-state index contributed by atoms with van der Waals surface area (Å²) in [4.78, 5) is 21.4. The van der Waals surface area contributed by atoms with Gasteiger partial charge in [0.2, 0.25) is 0 Å². The Bertz CT molecular complexity index is 338. The summed E-state index contributed by atoms with van der Waals surface area (Å²) >= 11 is 0. The van der Waals surface area contributed by atoms with Crippen LogP contribution in [0.2, 0.25) is 0 Å². The molecule has 1 saturated carbocycles. The Labute approximate surface area is 75.0 Å². The van der Waals surface area contributed by atoms with E-state index in [9.17, 15) is 27.2 Å². The molecule has 1 heterocycles.